The number of nitrogens with zero attached hydrogens (tertiary/aromatic N) is 2. The zero-order valence-electron chi connectivity index (χ0n) is 11.7. The molecule has 8 heteroatoms. The topological polar surface area (TPSA) is 64.0 Å². The second-order valence-corrected chi connectivity index (χ2v) is 6.99. The molecule has 22 heavy (non-hydrogen) atoms. The Morgan fingerprint density at radius 3 is 2.73 bits per heavy atom. The van der Waals surface area contributed by atoms with Gasteiger partial charge in [0.1, 0.15) is 5.82 Å². The van der Waals surface area contributed by atoms with Crippen LogP contribution < -0.4 is 4.72 Å². The third-order valence-corrected chi connectivity index (χ3v) is 5.00. The predicted octanol–water partition coefficient (Wildman–Crippen LogP) is 2.02. The lowest BCUT2D eigenvalue weighted by Crippen LogP contribution is -2.27. The lowest BCUT2D eigenvalue weighted by molar-refractivity contribution is 0.504. The second kappa shape index (κ2) is 5.77. The van der Waals surface area contributed by atoms with E-state index in [0.717, 1.165) is 30.8 Å². The minimum Gasteiger partial charge on any atom is -0.333 e. The van der Waals surface area contributed by atoms with E-state index in [-0.39, 0.29) is 11.4 Å². The number of benzene rings is 1. The van der Waals surface area contributed by atoms with Crippen LogP contribution in [0.4, 0.5) is 8.78 Å². The Morgan fingerprint density at radius 2 is 2.05 bits per heavy atom. The van der Waals surface area contributed by atoms with Gasteiger partial charge in [-0.1, -0.05) is 0 Å². The highest BCUT2D eigenvalue weighted by molar-refractivity contribution is 7.89. The summed E-state index contributed by atoms with van der Waals surface area (Å²) >= 11 is 0. The molecule has 1 aliphatic carbocycles. The van der Waals surface area contributed by atoms with Crippen LogP contribution in [0, 0.1) is 11.6 Å². The summed E-state index contributed by atoms with van der Waals surface area (Å²) in [4.78, 5) is 3.98. The van der Waals surface area contributed by atoms with Gasteiger partial charge in [-0.15, -0.1) is 0 Å². The van der Waals surface area contributed by atoms with Gasteiger partial charge in [-0.25, -0.2) is 26.9 Å². The van der Waals surface area contributed by atoms with Crippen molar-refractivity contribution in [3.63, 3.8) is 0 Å². The molecule has 0 amide bonds. The van der Waals surface area contributed by atoms with E-state index in [2.05, 4.69) is 9.71 Å². The molecule has 2 aromatic rings. The highest BCUT2D eigenvalue weighted by atomic mass is 32.2. The first-order chi connectivity index (χ1) is 10.5. The van der Waals surface area contributed by atoms with E-state index in [4.69, 9.17) is 0 Å². The van der Waals surface area contributed by atoms with Crippen molar-refractivity contribution in [1.29, 1.82) is 0 Å². The van der Waals surface area contributed by atoms with Crippen LogP contribution in [-0.4, -0.2) is 24.5 Å². The fourth-order valence-electron chi connectivity index (χ4n) is 2.24. The van der Waals surface area contributed by atoms with Gasteiger partial charge in [0.25, 0.3) is 0 Å². The van der Waals surface area contributed by atoms with Gasteiger partial charge in [0, 0.05) is 31.4 Å². The van der Waals surface area contributed by atoms with E-state index in [0.29, 0.717) is 18.5 Å². The molecule has 0 atom stereocenters. The van der Waals surface area contributed by atoms with Crippen molar-refractivity contribution < 1.29 is 17.2 Å². The molecule has 0 aliphatic heterocycles. The van der Waals surface area contributed by atoms with Crippen LogP contribution in [0.3, 0.4) is 0 Å². The van der Waals surface area contributed by atoms with Crippen LogP contribution >= 0.6 is 0 Å². The Kier molecular flexibility index (Phi) is 3.96. The Balaban J connectivity index is 1.64. The summed E-state index contributed by atoms with van der Waals surface area (Å²) in [6, 6.07) is 2.50. The Bertz CT molecular complexity index is 785. The quantitative estimate of drug-likeness (QED) is 0.883. The summed E-state index contributed by atoms with van der Waals surface area (Å²) in [6.45, 7) is 0.589. The molecule has 1 heterocycles. The van der Waals surface area contributed by atoms with E-state index in [1.165, 1.54) is 0 Å². The average Bonchev–Trinajstić information content (AvgIpc) is 3.21. The standard InChI is InChI=1S/C14H15F2N3O2S/c15-12-4-3-11(9-13(12)16)22(20,21)18-6-8-19-7-5-17-14(19)10-1-2-10/h3-5,7,9-10,18H,1-2,6,8H2. The minimum absolute atomic E-state index is 0.150. The zero-order valence-corrected chi connectivity index (χ0v) is 12.5. The number of hydrogen-bond donors (Lipinski definition) is 1. The lowest BCUT2D eigenvalue weighted by atomic mass is 10.3. The van der Waals surface area contributed by atoms with Crippen molar-refractivity contribution >= 4 is 10.0 Å². The summed E-state index contributed by atoms with van der Waals surface area (Å²) < 4.78 is 54.3. The monoisotopic (exact) mass is 327 g/mol. The number of imidazole rings is 1. The van der Waals surface area contributed by atoms with E-state index >= 15 is 0 Å². The van der Waals surface area contributed by atoms with Crippen LogP contribution in [-0.2, 0) is 16.6 Å². The van der Waals surface area contributed by atoms with Gasteiger partial charge in [0.15, 0.2) is 11.6 Å². The average molecular weight is 327 g/mol. The van der Waals surface area contributed by atoms with Crippen LogP contribution in [0.2, 0.25) is 0 Å². The second-order valence-electron chi connectivity index (χ2n) is 5.23. The van der Waals surface area contributed by atoms with Gasteiger partial charge < -0.3 is 4.57 Å². The van der Waals surface area contributed by atoms with Gasteiger partial charge in [-0.05, 0) is 31.0 Å². The lowest BCUT2D eigenvalue weighted by Gasteiger charge is -2.09. The normalized spacial score (nSPS) is 15.2. The third kappa shape index (κ3) is 3.17. The summed E-state index contributed by atoms with van der Waals surface area (Å²) in [5.74, 6) is -0.829. The molecule has 1 saturated carbocycles. The number of rotatable bonds is 6. The molecule has 3 rings (SSSR count). The number of aromatic nitrogens is 2. The smallest absolute Gasteiger partial charge is 0.240 e. The van der Waals surface area contributed by atoms with E-state index in [1.807, 2.05) is 4.57 Å². The summed E-state index contributed by atoms with van der Waals surface area (Å²) in [7, 11) is -3.86. The first-order valence-corrected chi connectivity index (χ1v) is 8.41. The molecule has 0 radical (unpaired) electrons. The van der Waals surface area contributed by atoms with Crippen molar-refractivity contribution in [1.82, 2.24) is 14.3 Å². The molecule has 0 saturated heterocycles. The zero-order chi connectivity index (χ0) is 15.7. The fourth-order valence-corrected chi connectivity index (χ4v) is 3.27. The van der Waals surface area contributed by atoms with Crippen LogP contribution in [0.5, 0.6) is 0 Å². The molecule has 0 bridgehead atoms. The summed E-state index contributed by atoms with van der Waals surface area (Å²) in [5.41, 5.74) is 0. The van der Waals surface area contributed by atoms with Gasteiger partial charge >= 0.3 is 0 Å². The Labute approximate surface area is 127 Å². The van der Waals surface area contributed by atoms with Gasteiger partial charge in [-0.2, -0.15) is 0 Å². The van der Waals surface area contributed by atoms with Gasteiger partial charge in [0.2, 0.25) is 10.0 Å². The fraction of sp³-hybridized carbons (Fsp3) is 0.357. The van der Waals surface area contributed by atoms with E-state index in [1.54, 1.807) is 12.4 Å². The Hall–Kier alpha value is -1.80. The molecule has 1 fully saturated rings. The highest BCUT2D eigenvalue weighted by Crippen LogP contribution is 2.38. The maximum absolute atomic E-state index is 13.1. The van der Waals surface area contributed by atoms with Crippen molar-refractivity contribution in [2.24, 2.45) is 0 Å². The van der Waals surface area contributed by atoms with Gasteiger partial charge in [-0.3, -0.25) is 0 Å². The molecule has 0 unspecified atom stereocenters. The molecular formula is C14H15F2N3O2S. The molecule has 1 aromatic heterocycles. The molecule has 0 spiro atoms. The Morgan fingerprint density at radius 1 is 1.27 bits per heavy atom. The van der Waals surface area contributed by atoms with Crippen molar-refractivity contribution in [3.8, 4) is 0 Å². The summed E-state index contributed by atoms with van der Waals surface area (Å²) in [5, 5.41) is 0. The maximum atomic E-state index is 13.1. The predicted molar refractivity (Wildman–Crippen MR) is 75.7 cm³/mol. The molecule has 5 nitrogen and oxygen atoms in total. The first kappa shape index (κ1) is 15.1. The SMILES string of the molecule is O=S(=O)(NCCn1ccnc1C1CC1)c1ccc(F)c(F)c1. The van der Waals surface area contributed by atoms with E-state index < -0.39 is 21.7 Å². The first-order valence-electron chi connectivity index (χ1n) is 6.93. The van der Waals surface area contributed by atoms with Crippen LogP contribution in [0.25, 0.3) is 0 Å². The molecular weight excluding hydrogens is 312 g/mol. The number of hydrogen-bond acceptors (Lipinski definition) is 3. The third-order valence-electron chi connectivity index (χ3n) is 3.54. The molecule has 1 aliphatic rings. The van der Waals surface area contributed by atoms with Crippen molar-refractivity contribution in [2.45, 2.75) is 30.2 Å². The van der Waals surface area contributed by atoms with Gasteiger partial charge in [0.05, 0.1) is 4.90 Å². The number of nitrogens with one attached hydrogen (secondary N) is 1. The minimum atomic E-state index is -3.86. The maximum Gasteiger partial charge on any atom is 0.240 e. The van der Waals surface area contributed by atoms with E-state index in [9.17, 15) is 17.2 Å². The molecule has 118 valence electrons. The summed E-state index contributed by atoms with van der Waals surface area (Å²) in [6.07, 6.45) is 5.71. The highest BCUT2D eigenvalue weighted by Gasteiger charge is 2.27. The molecule has 1 aromatic carbocycles. The largest absolute Gasteiger partial charge is 0.333 e. The number of halogens is 2. The van der Waals surface area contributed by atoms with Crippen LogP contribution in [0.15, 0.2) is 35.5 Å². The van der Waals surface area contributed by atoms with Crippen molar-refractivity contribution in [3.05, 3.63) is 48.1 Å². The van der Waals surface area contributed by atoms with Crippen LogP contribution in [0.1, 0.15) is 24.6 Å². The number of sulfonamides is 1. The molecule has 1 N–H and O–H groups in total. The van der Waals surface area contributed by atoms with Crippen molar-refractivity contribution in [2.75, 3.05) is 6.54 Å².